The van der Waals surface area contributed by atoms with Crippen molar-refractivity contribution in [1.29, 1.82) is 0 Å². The molecule has 0 spiro atoms. The molecule has 1 aliphatic heterocycles. The number of carbonyl (C=O) groups is 1. The quantitative estimate of drug-likeness (QED) is 0.866. The van der Waals surface area contributed by atoms with Crippen molar-refractivity contribution in [2.45, 2.75) is 26.4 Å². The average molecular weight is 315 g/mol. The average Bonchev–Trinajstić information content (AvgIpc) is 2.89. The van der Waals surface area contributed by atoms with E-state index in [9.17, 15) is 4.79 Å². The third-order valence-electron chi connectivity index (χ3n) is 4.15. The molecule has 0 atom stereocenters. The third-order valence-corrected chi connectivity index (χ3v) is 4.15. The van der Waals surface area contributed by atoms with Crippen molar-refractivity contribution in [1.82, 2.24) is 9.88 Å². The van der Waals surface area contributed by atoms with Crippen molar-refractivity contribution in [2.24, 2.45) is 0 Å². The second-order valence-corrected chi connectivity index (χ2v) is 7.22. The molecule has 23 heavy (non-hydrogen) atoms. The van der Waals surface area contributed by atoms with Crippen molar-refractivity contribution >= 4 is 22.6 Å². The maximum absolute atomic E-state index is 12.4. The number of hydrogen-bond donors (Lipinski definition) is 1. The van der Waals surface area contributed by atoms with Gasteiger partial charge in [-0.25, -0.2) is 4.79 Å². The summed E-state index contributed by atoms with van der Waals surface area (Å²) in [5, 5.41) is 0.927. The number of nitrogens with one attached hydrogen (secondary N) is 1. The summed E-state index contributed by atoms with van der Waals surface area (Å²) in [4.78, 5) is 20.3. The molecule has 1 aromatic heterocycles. The number of H-pyrrole nitrogens is 1. The highest BCUT2D eigenvalue weighted by Gasteiger charge is 2.21. The van der Waals surface area contributed by atoms with Crippen molar-refractivity contribution in [3.8, 4) is 0 Å². The zero-order valence-electron chi connectivity index (χ0n) is 14.3. The summed E-state index contributed by atoms with van der Waals surface area (Å²) in [5.74, 6) is -0.278. The topological polar surface area (TPSA) is 48.6 Å². The normalized spacial score (nSPS) is 16.8. The van der Waals surface area contributed by atoms with Gasteiger partial charge >= 0.3 is 5.97 Å². The first-order valence-electron chi connectivity index (χ1n) is 8.11. The molecular weight excluding hydrogens is 290 g/mol. The van der Waals surface area contributed by atoms with Gasteiger partial charge in [0.25, 0.3) is 0 Å². The molecule has 1 fully saturated rings. The van der Waals surface area contributed by atoms with Crippen LogP contribution in [0, 0.1) is 0 Å². The Morgan fingerprint density at radius 3 is 2.52 bits per heavy atom. The van der Waals surface area contributed by atoms with Crippen molar-refractivity contribution < 1.29 is 9.53 Å². The molecule has 0 unspecified atom stereocenters. The molecule has 3 rings (SSSR count). The maximum atomic E-state index is 12.4. The van der Waals surface area contributed by atoms with Gasteiger partial charge in [-0.1, -0.05) is 0 Å². The number of nitrogens with zero attached hydrogens (tertiary/aromatic N) is 2. The Morgan fingerprint density at radius 1 is 1.17 bits per heavy atom. The molecule has 0 bridgehead atoms. The predicted octanol–water partition coefficient (Wildman–Crippen LogP) is 2.88. The Balaban J connectivity index is 1.89. The molecule has 0 amide bonds. The molecule has 5 heteroatoms. The fraction of sp³-hybridized carbons (Fsp3) is 0.500. The zero-order chi connectivity index (χ0) is 16.6. The molecule has 0 radical (unpaired) electrons. The summed E-state index contributed by atoms with van der Waals surface area (Å²) < 4.78 is 5.51. The summed E-state index contributed by atoms with van der Waals surface area (Å²) >= 11 is 0. The second kappa shape index (κ2) is 5.89. The monoisotopic (exact) mass is 315 g/mol. The van der Waals surface area contributed by atoms with Crippen LogP contribution < -0.4 is 4.90 Å². The minimum atomic E-state index is -0.490. The summed E-state index contributed by atoms with van der Waals surface area (Å²) in [6, 6.07) is 6.25. The number of esters is 1. The second-order valence-electron chi connectivity index (χ2n) is 7.22. The van der Waals surface area contributed by atoms with Gasteiger partial charge in [-0.2, -0.15) is 0 Å². The number of rotatable bonds is 2. The van der Waals surface area contributed by atoms with Gasteiger partial charge in [-0.15, -0.1) is 0 Å². The van der Waals surface area contributed by atoms with E-state index in [2.05, 4.69) is 34.0 Å². The number of carbonyl (C=O) groups excluding carboxylic acids is 1. The number of likely N-dealkylation sites (N-methyl/N-ethyl adjacent to an activating group) is 1. The SMILES string of the molecule is CN1CCN(c2ccc3[nH]cc(C(=O)OC(C)(C)C)c3c2)CC1. The minimum Gasteiger partial charge on any atom is -0.456 e. The van der Waals surface area contributed by atoms with E-state index in [-0.39, 0.29) is 5.97 Å². The van der Waals surface area contributed by atoms with Crippen LogP contribution in [0.1, 0.15) is 31.1 Å². The summed E-state index contributed by atoms with van der Waals surface area (Å²) in [6.07, 6.45) is 1.74. The third kappa shape index (κ3) is 3.50. The van der Waals surface area contributed by atoms with Crippen LogP contribution in [0.5, 0.6) is 0 Å². The van der Waals surface area contributed by atoms with Crippen molar-refractivity contribution in [2.75, 3.05) is 38.1 Å². The Hall–Kier alpha value is -2.01. The van der Waals surface area contributed by atoms with E-state index in [0.717, 1.165) is 42.8 Å². The lowest BCUT2D eigenvalue weighted by molar-refractivity contribution is 0.00719. The van der Waals surface area contributed by atoms with Crippen LogP contribution in [0.3, 0.4) is 0 Å². The molecule has 2 aromatic rings. The van der Waals surface area contributed by atoms with Crippen molar-refractivity contribution in [3.05, 3.63) is 30.0 Å². The fourth-order valence-electron chi connectivity index (χ4n) is 2.87. The lowest BCUT2D eigenvalue weighted by Crippen LogP contribution is -2.44. The highest BCUT2D eigenvalue weighted by molar-refractivity contribution is 6.05. The van der Waals surface area contributed by atoms with Crippen molar-refractivity contribution in [3.63, 3.8) is 0 Å². The van der Waals surface area contributed by atoms with Crippen LogP contribution in [0.4, 0.5) is 5.69 Å². The van der Waals surface area contributed by atoms with Crippen LogP contribution in [0.2, 0.25) is 0 Å². The van der Waals surface area contributed by atoms with Crippen LogP contribution >= 0.6 is 0 Å². The van der Waals surface area contributed by atoms with E-state index in [4.69, 9.17) is 4.74 Å². The number of anilines is 1. The van der Waals surface area contributed by atoms with E-state index in [1.807, 2.05) is 26.8 Å². The first kappa shape index (κ1) is 15.9. The first-order valence-corrected chi connectivity index (χ1v) is 8.11. The molecule has 0 aliphatic carbocycles. The molecule has 1 N–H and O–H groups in total. The van der Waals surface area contributed by atoms with Crippen LogP contribution in [0.25, 0.3) is 10.9 Å². The van der Waals surface area contributed by atoms with Gasteiger partial charge in [0.2, 0.25) is 0 Å². The van der Waals surface area contributed by atoms with Gasteiger partial charge in [0.15, 0.2) is 0 Å². The first-order chi connectivity index (χ1) is 10.8. The van der Waals surface area contributed by atoms with Gasteiger partial charge < -0.3 is 19.5 Å². The largest absolute Gasteiger partial charge is 0.456 e. The van der Waals surface area contributed by atoms with E-state index in [1.54, 1.807) is 6.20 Å². The van der Waals surface area contributed by atoms with Gasteiger partial charge in [0.1, 0.15) is 5.60 Å². The number of aromatic nitrogens is 1. The highest BCUT2D eigenvalue weighted by atomic mass is 16.6. The number of aromatic amines is 1. The summed E-state index contributed by atoms with van der Waals surface area (Å²) in [5.41, 5.74) is 2.24. The summed E-state index contributed by atoms with van der Waals surface area (Å²) in [7, 11) is 2.15. The molecule has 2 heterocycles. The van der Waals surface area contributed by atoms with E-state index in [1.165, 1.54) is 0 Å². The lowest BCUT2D eigenvalue weighted by atomic mass is 10.1. The number of benzene rings is 1. The number of fused-ring (bicyclic) bond motifs is 1. The van der Waals surface area contributed by atoms with Crippen LogP contribution in [0.15, 0.2) is 24.4 Å². The molecule has 1 aromatic carbocycles. The Labute approximate surface area is 137 Å². The zero-order valence-corrected chi connectivity index (χ0v) is 14.3. The Kier molecular flexibility index (Phi) is 4.06. The summed E-state index contributed by atoms with van der Waals surface area (Å²) in [6.45, 7) is 9.79. The fourth-order valence-corrected chi connectivity index (χ4v) is 2.87. The molecule has 0 saturated carbocycles. The minimum absolute atomic E-state index is 0.278. The molecular formula is C18H25N3O2. The number of piperazine rings is 1. The predicted molar refractivity (Wildman–Crippen MR) is 93.2 cm³/mol. The molecule has 5 nitrogen and oxygen atoms in total. The smallest absolute Gasteiger partial charge is 0.340 e. The Bertz CT molecular complexity index is 707. The van der Waals surface area contributed by atoms with Gasteiger partial charge in [0, 0.05) is 49.0 Å². The maximum Gasteiger partial charge on any atom is 0.340 e. The number of ether oxygens (including phenoxy) is 1. The Morgan fingerprint density at radius 2 is 1.87 bits per heavy atom. The number of hydrogen-bond acceptors (Lipinski definition) is 4. The van der Waals surface area contributed by atoms with Gasteiger partial charge in [-0.05, 0) is 46.0 Å². The van der Waals surface area contributed by atoms with E-state index < -0.39 is 5.60 Å². The lowest BCUT2D eigenvalue weighted by Gasteiger charge is -2.34. The van der Waals surface area contributed by atoms with Gasteiger partial charge in [0.05, 0.1) is 5.56 Å². The molecule has 1 saturated heterocycles. The highest BCUT2D eigenvalue weighted by Crippen LogP contribution is 2.27. The van der Waals surface area contributed by atoms with Crippen LogP contribution in [-0.4, -0.2) is 54.7 Å². The molecule has 1 aliphatic rings. The molecule has 124 valence electrons. The van der Waals surface area contributed by atoms with Gasteiger partial charge in [-0.3, -0.25) is 0 Å². The van der Waals surface area contributed by atoms with E-state index in [0.29, 0.717) is 5.56 Å². The van der Waals surface area contributed by atoms with Crippen LogP contribution in [-0.2, 0) is 4.74 Å². The van der Waals surface area contributed by atoms with E-state index >= 15 is 0 Å². The standard InChI is InChI=1S/C18H25N3O2/c1-18(2,3)23-17(22)15-12-19-16-6-5-13(11-14(15)16)21-9-7-20(4)8-10-21/h5-6,11-12,19H,7-10H2,1-4H3.